The lowest BCUT2D eigenvalue weighted by atomic mass is 9.80. The van der Waals surface area contributed by atoms with Crippen molar-refractivity contribution < 1.29 is 19.1 Å². The Morgan fingerprint density at radius 3 is 2.33 bits per heavy atom. The number of allylic oxidation sites excluding steroid dienone is 2. The van der Waals surface area contributed by atoms with Crippen molar-refractivity contribution in [3.63, 3.8) is 0 Å². The van der Waals surface area contributed by atoms with Crippen molar-refractivity contribution in [1.29, 1.82) is 5.26 Å². The maximum atomic E-state index is 13.1. The molecule has 9 heteroatoms. The number of carbonyl (C=O) groups is 3. The van der Waals surface area contributed by atoms with E-state index < -0.39 is 0 Å². The first-order chi connectivity index (χ1) is 23.8. The maximum absolute atomic E-state index is 13.1. The number of aromatic nitrogens is 3. The Balaban J connectivity index is 1.30. The number of fused-ring (bicyclic) bond motifs is 1. The zero-order chi connectivity index (χ0) is 35.3. The second-order valence-corrected chi connectivity index (χ2v) is 14.1. The molecule has 1 unspecified atom stereocenters. The minimum Gasteiger partial charge on any atom is -0.466 e. The number of hydrogen-bond acceptors (Lipinski definition) is 7. The highest BCUT2D eigenvalue weighted by atomic mass is 16.5. The van der Waals surface area contributed by atoms with Crippen LogP contribution in [0.3, 0.4) is 0 Å². The van der Waals surface area contributed by atoms with Crippen molar-refractivity contribution >= 4 is 28.8 Å². The second kappa shape index (κ2) is 23.0. The van der Waals surface area contributed by atoms with Gasteiger partial charge in [0, 0.05) is 31.1 Å². The van der Waals surface area contributed by atoms with Gasteiger partial charge in [0.25, 0.3) is 0 Å². The van der Waals surface area contributed by atoms with E-state index in [1.807, 2.05) is 17.0 Å². The summed E-state index contributed by atoms with van der Waals surface area (Å²) in [6, 6.07) is 3.84. The second-order valence-electron chi connectivity index (χ2n) is 14.1. The molecule has 1 saturated heterocycles. The third-order valence-electron chi connectivity index (χ3n) is 10.1. The molecule has 1 fully saturated rings. The van der Waals surface area contributed by atoms with E-state index in [9.17, 15) is 14.4 Å². The number of likely N-dealkylation sites (tertiary alicyclic amines) is 1. The summed E-state index contributed by atoms with van der Waals surface area (Å²) in [6.07, 6.45) is 26.9. The molecule has 1 aliphatic heterocycles. The highest BCUT2D eigenvalue weighted by Gasteiger charge is 2.31. The fourth-order valence-electron chi connectivity index (χ4n) is 6.93. The van der Waals surface area contributed by atoms with E-state index in [0.717, 1.165) is 43.2 Å². The first-order valence-electron chi connectivity index (χ1n) is 19.2. The van der Waals surface area contributed by atoms with Crippen molar-refractivity contribution in [1.82, 2.24) is 19.4 Å². The number of piperidine rings is 1. The monoisotopic (exact) mass is 675 g/mol. The summed E-state index contributed by atoms with van der Waals surface area (Å²) in [7, 11) is 0. The van der Waals surface area contributed by atoms with Gasteiger partial charge in [-0.25, -0.2) is 9.97 Å². The maximum Gasteiger partial charge on any atom is 0.306 e. The molecular weight excluding hydrogens is 614 g/mol. The molecule has 1 amide bonds. The van der Waals surface area contributed by atoms with Crippen LogP contribution in [-0.2, 0) is 14.3 Å². The summed E-state index contributed by atoms with van der Waals surface area (Å²) in [5.41, 5.74) is 1.42. The van der Waals surface area contributed by atoms with Crippen LogP contribution in [0.15, 0.2) is 30.7 Å². The van der Waals surface area contributed by atoms with E-state index in [2.05, 4.69) is 42.9 Å². The lowest BCUT2D eigenvalue weighted by molar-refractivity contribution is -0.143. The SMILES string of the molecule is CCCCCCCC/C=C\CCCCCCCCOC(=O)CCC(=O)n1ccc2c(C(C)C[C@H]3CN(C(=O)CC#N)CC[C@H]3C)ncnc21. The van der Waals surface area contributed by atoms with Crippen molar-refractivity contribution in [2.45, 2.75) is 149 Å². The molecule has 0 saturated carbocycles. The minimum atomic E-state index is -0.342. The summed E-state index contributed by atoms with van der Waals surface area (Å²) in [5.74, 6) is 0.196. The highest BCUT2D eigenvalue weighted by molar-refractivity contribution is 5.92. The van der Waals surface area contributed by atoms with Gasteiger partial charge in [0.15, 0.2) is 0 Å². The molecule has 0 bridgehead atoms. The van der Waals surface area contributed by atoms with Gasteiger partial charge in [-0.1, -0.05) is 90.7 Å². The number of esters is 1. The number of unbranched alkanes of at least 4 members (excludes halogenated alkanes) is 12. The fraction of sp³-hybridized carbons (Fsp3) is 0.700. The number of nitriles is 1. The van der Waals surface area contributed by atoms with Gasteiger partial charge in [-0.15, -0.1) is 0 Å². The molecule has 2 aromatic rings. The van der Waals surface area contributed by atoms with Gasteiger partial charge in [-0.05, 0) is 68.8 Å². The number of carbonyl (C=O) groups excluding carboxylic acids is 3. The Hall–Kier alpha value is -3.54. The van der Waals surface area contributed by atoms with Gasteiger partial charge in [-0.3, -0.25) is 19.0 Å². The average Bonchev–Trinajstić information content (AvgIpc) is 3.54. The minimum absolute atomic E-state index is 0.0415. The number of nitrogens with zero attached hydrogens (tertiary/aromatic N) is 5. The van der Waals surface area contributed by atoms with Crippen molar-refractivity contribution in [3.05, 3.63) is 36.4 Å². The molecule has 3 heterocycles. The van der Waals surface area contributed by atoms with Crippen LogP contribution < -0.4 is 0 Å². The van der Waals surface area contributed by atoms with Gasteiger partial charge < -0.3 is 9.64 Å². The molecule has 0 aromatic carbocycles. The molecule has 3 atom stereocenters. The van der Waals surface area contributed by atoms with Gasteiger partial charge in [0.2, 0.25) is 11.8 Å². The zero-order valence-corrected chi connectivity index (χ0v) is 30.5. The molecule has 0 spiro atoms. The number of rotatable bonds is 23. The summed E-state index contributed by atoms with van der Waals surface area (Å²) in [6.45, 7) is 8.35. The summed E-state index contributed by atoms with van der Waals surface area (Å²) < 4.78 is 6.92. The third kappa shape index (κ3) is 14.1. The Morgan fingerprint density at radius 2 is 1.63 bits per heavy atom. The Labute approximate surface area is 294 Å². The number of hydrogen-bond donors (Lipinski definition) is 0. The van der Waals surface area contributed by atoms with E-state index in [1.165, 1.54) is 81.5 Å². The van der Waals surface area contributed by atoms with Crippen LogP contribution in [0.4, 0.5) is 0 Å². The summed E-state index contributed by atoms with van der Waals surface area (Å²) in [4.78, 5) is 48.6. The van der Waals surface area contributed by atoms with Crippen LogP contribution in [0.5, 0.6) is 0 Å². The molecule has 9 nitrogen and oxygen atoms in total. The van der Waals surface area contributed by atoms with Gasteiger partial charge in [0.05, 0.1) is 24.8 Å². The van der Waals surface area contributed by atoms with Crippen molar-refractivity contribution in [2.75, 3.05) is 19.7 Å². The van der Waals surface area contributed by atoms with E-state index in [0.29, 0.717) is 37.2 Å². The van der Waals surface area contributed by atoms with Crippen LogP contribution >= 0.6 is 0 Å². The van der Waals surface area contributed by atoms with Crippen LogP contribution in [0.1, 0.15) is 159 Å². The predicted octanol–water partition coefficient (Wildman–Crippen LogP) is 9.32. The van der Waals surface area contributed by atoms with Crippen molar-refractivity contribution in [3.8, 4) is 6.07 Å². The van der Waals surface area contributed by atoms with E-state index in [1.54, 1.807) is 6.20 Å². The number of amides is 1. The zero-order valence-electron chi connectivity index (χ0n) is 30.5. The van der Waals surface area contributed by atoms with Crippen LogP contribution in [-0.4, -0.2) is 56.9 Å². The van der Waals surface area contributed by atoms with E-state index >= 15 is 0 Å². The summed E-state index contributed by atoms with van der Waals surface area (Å²) in [5, 5.41) is 9.77. The molecule has 1 aliphatic rings. The van der Waals surface area contributed by atoms with Crippen LogP contribution in [0.25, 0.3) is 11.0 Å². The standard InChI is InChI=1S/C40H61N5O4/c1-4-5-6-7-8-9-10-11-12-13-14-15-16-17-18-19-28-49-38(48)21-20-37(47)45-27-24-35-39(42-31-43-40(35)45)33(3)29-34-30-44(26-23-32(34)2)36(46)22-25-41/h11-12,24,27,31-34H,4-10,13-23,26,28-30H2,1-3H3/b12-11-/t32-,33?,34+/m1/s1. The van der Waals surface area contributed by atoms with Gasteiger partial charge in [-0.2, -0.15) is 5.26 Å². The van der Waals surface area contributed by atoms with Gasteiger partial charge in [0.1, 0.15) is 18.4 Å². The van der Waals surface area contributed by atoms with E-state index in [-0.39, 0.29) is 43.0 Å². The molecular formula is C40H61N5O4. The van der Waals surface area contributed by atoms with Crippen LogP contribution in [0.2, 0.25) is 0 Å². The first kappa shape index (κ1) is 39.9. The quantitative estimate of drug-likeness (QED) is 0.0654. The van der Waals surface area contributed by atoms with E-state index in [4.69, 9.17) is 10.00 Å². The Bertz CT molecular complexity index is 1360. The lowest BCUT2D eigenvalue weighted by Gasteiger charge is -2.38. The summed E-state index contributed by atoms with van der Waals surface area (Å²) >= 11 is 0. The lowest BCUT2D eigenvalue weighted by Crippen LogP contribution is -2.43. The predicted molar refractivity (Wildman–Crippen MR) is 195 cm³/mol. The Morgan fingerprint density at radius 1 is 0.959 bits per heavy atom. The molecule has 3 rings (SSSR count). The van der Waals surface area contributed by atoms with Crippen LogP contribution in [0, 0.1) is 23.2 Å². The molecule has 0 aliphatic carbocycles. The normalized spacial score (nSPS) is 17.0. The van der Waals surface area contributed by atoms with Crippen molar-refractivity contribution in [2.24, 2.45) is 11.8 Å². The average molecular weight is 676 g/mol. The molecule has 49 heavy (non-hydrogen) atoms. The highest BCUT2D eigenvalue weighted by Crippen LogP contribution is 2.34. The first-order valence-corrected chi connectivity index (χ1v) is 19.2. The fourth-order valence-corrected chi connectivity index (χ4v) is 6.93. The number of ether oxygens (including phenoxy) is 1. The molecule has 2 aromatic heterocycles. The molecule has 0 N–H and O–H groups in total. The third-order valence-corrected chi connectivity index (χ3v) is 10.1. The Kier molecular flexibility index (Phi) is 18.7. The molecule has 0 radical (unpaired) electrons. The molecule has 270 valence electrons. The van der Waals surface area contributed by atoms with Gasteiger partial charge >= 0.3 is 5.97 Å². The smallest absolute Gasteiger partial charge is 0.306 e. The largest absolute Gasteiger partial charge is 0.466 e. The topological polar surface area (TPSA) is 118 Å².